The number of halogens is 1. The first-order chi connectivity index (χ1) is 5.83. The molecule has 0 saturated carbocycles. The van der Waals surface area contributed by atoms with Gasteiger partial charge in [-0.1, -0.05) is 28.1 Å². The molecule has 1 rings (SSSR count). The quantitative estimate of drug-likeness (QED) is 0.424. The fourth-order valence-electron chi connectivity index (χ4n) is 1.26. The Bertz CT molecular complexity index is 177. The first-order valence-electron chi connectivity index (χ1n) is 4.19. The second-order valence-electron chi connectivity index (χ2n) is 2.97. The molecule has 0 aromatic carbocycles. The van der Waals surface area contributed by atoms with Crippen molar-refractivity contribution in [1.29, 1.82) is 0 Å². The zero-order valence-corrected chi connectivity index (χ0v) is 8.55. The summed E-state index contributed by atoms with van der Waals surface area (Å²) in [6.45, 7) is 0.578. The average Bonchev–Trinajstić information content (AvgIpc) is 2.16. The number of allylic oxidation sites excluding steroid dienone is 2. The van der Waals surface area contributed by atoms with Crippen LogP contribution in [0.4, 0.5) is 0 Å². The lowest BCUT2D eigenvalue weighted by molar-refractivity contribution is -0.141. The third-order valence-electron chi connectivity index (χ3n) is 1.97. The summed E-state index contributed by atoms with van der Waals surface area (Å²) < 4.78 is 5.01. The molecule has 68 valence electrons. The molecule has 1 aliphatic carbocycles. The van der Waals surface area contributed by atoms with Gasteiger partial charge in [0.1, 0.15) is 5.33 Å². The van der Waals surface area contributed by atoms with Crippen LogP contribution < -0.4 is 0 Å². The molecule has 3 heteroatoms. The molecule has 0 N–H and O–H groups in total. The highest BCUT2D eigenvalue weighted by Gasteiger charge is 2.11. The molecule has 0 aromatic heterocycles. The smallest absolute Gasteiger partial charge is 0.316 e. The Morgan fingerprint density at radius 2 is 2.42 bits per heavy atom. The molecule has 1 unspecified atom stereocenters. The van der Waals surface area contributed by atoms with E-state index in [1.807, 2.05) is 0 Å². The lowest BCUT2D eigenvalue weighted by Gasteiger charge is -2.16. The molecule has 0 bridgehead atoms. The Morgan fingerprint density at radius 1 is 1.58 bits per heavy atom. The van der Waals surface area contributed by atoms with Crippen LogP contribution in [0.5, 0.6) is 0 Å². The number of rotatable bonds is 3. The zero-order chi connectivity index (χ0) is 8.81. The van der Waals surface area contributed by atoms with Gasteiger partial charge in [0.15, 0.2) is 0 Å². The summed E-state index contributed by atoms with van der Waals surface area (Å²) in [6.07, 6.45) is 7.66. The highest BCUT2D eigenvalue weighted by atomic mass is 79.9. The van der Waals surface area contributed by atoms with Crippen LogP contribution in [0.2, 0.25) is 0 Å². The van der Waals surface area contributed by atoms with Gasteiger partial charge in [0, 0.05) is 0 Å². The van der Waals surface area contributed by atoms with Crippen molar-refractivity contribution in [2.45, 2.75) is 19.3 Å². The Morgan fingerprint density at radius 3 is 3.00 bits per heavy atom. The fraction of sp³-hybridized carbons (Fsp3) is 0.667. The molecule has 2 nitrogen and oxygen atoms in total. The largest absolute Gasteiger partial charge is 0.465 e. The fourth-order valence-corrected chi connectivity index (χ4v) is 1.42. The van der Waals surface area contributed by atoms with Gasteiger partial charge in [0.25, 0.3) is 0 Å². The Labute approximate surface area is 81.1 Å². The van der Waals surface area contributed by atoms with E-state index < -0.39 is 0 Å². The van der Waals surface area contributed by atoms with E-state index in [1.54, 1.807) is 0 Å². The van der Waals surface area contributed by atoms with E-state index in [2.05, 4.69) is 28.1 Å². The maximum absolute atomic E-state index is 10.8. The number of hydrogen-bond donors (Lipinski definition) is 0. The molecule has 12 heavy (non-hydrogen) atoms. The van der Waals surface area contributed by atoms with Gasteiger partial charge in [-0.2, -0.15) is 0 Å². The number of alkyl halides is 1. The van der Waals surface area contributed by atoms with Crippen molar-refractivity contribution >= 4 is 21.9 Å². The first kappa shape index (κ1) is 9.78. The molecule has 0 aromatic rings. The van der Waals surface area contributed by atoms with Gasteiger partial charge >= 0.3 is 5.97 Å². The second-order valence-corrected chi connectivity index (χ2v) is 3.53. The van der Waals surface area contributed by atoms with Crippen molar-refractivity contribution in [2.75, 3.05) is 11.9 Å². The van der Waals surface area contributed by atoms with E-state index in [1.165, 1.54) is 0 Å². The number of hydrogen-bond acceptors (Lipinski definition) is 2. The van der Waals surface area contributed by atoms with E-state index in [0.29, 0.717) is 17.9 Å². The number of ether oxygens (including phenoxy) is 1. The third kappa shape index (κ3) is 3.39. The molecule has 0 fully saturated rings. The molecule has 1 atom stereocenters. The molecule has 0 radical (unpaired) electrons. The van der Waals surface area contributed by atoms with Crippen molar-refractivity contribution < 1.29 is 9.53 Å². The van der Waals surface area contributed by atoms with Gasteiger partial charge in [0.05, 0.1) is 6.61 Å². The minimum absolute atomic E-state index is 0.162. The molecule has 0 spiro atoms. The zero-order valence-electron chi connectivity index (χ0n) is 6.96. The minimum atomic E-state index is -0.162. The second kappa shape index (κ2) is 5.36. The maximum atomic E-state index is 10.8. The van der Waals surface area contributed by atoms with E-state index >= 15 is 0 Å². The van der Waals surface area contributed by atoms with Gasteiger partial charge in [0.2, 0.25) is 0 Å². The monoisotopic (exact) mass is 232 g/mol. The molecule has 0 amide bonds. The van der Waals surface area contributed by atoms with Crippen molar-refractivity contribution in [3.05, 3.63) is 12.2 Å². The standard InChI is InChI=1S/C9H13BrO2/c10-6-9(11)12-7-8-4-2-1-3-5-8/h1-2,8H,3-7H2. The van der Waals surface area contributed by atoms with E-state index in [9.17, 15) is 4.79 Å². The normalized spacial score (nSPS) is 22.2. The third-order valence-corrected chi connectivity index (χ3v) is 2.42. The van der Waals surface area contributed by atoms with Crippen molar-refractivity contribution in [3.63, 3.8) is 0 Å². The van der Waals surface area contributed by atoms with Gasteiger partial charge in [-0.15, -0.1) is 0 Å². The van der Waals surface area contributed by atoms with Crippen LogP contribution in [0, 0.1) is 5.92 Å². The first-order valence-corrected chi connectivity index (χ1v) is 5.31. The van der Waals surface area contributed by atoms with Crippen LogP contribution in [0.25, 0.3) is 0 Å². The molecule has 1 aliphatic rings. The summed E-state index contributed by atoms with van der Waals surface area (Å²) in [7, 11) is 0. The van der Waals surface area contributed by atoms with E-state index in [0.717, 1.165) is 19.3 Å². The lowest BCUT2D eigenvalue weighted by atomic mass is 9.95. The summed E-state index contributed by atoms with van der Waals surface area (Å²) in [5.41, 5.74) is 0. The highest BCUT2D eigenvalue weighted by molar-refractivity contribution is 9.09. The maximum Gasteiger partial charge on any atom is 0.316 e. The van der Waals surface area contributed by atoms with Crippen molar-refractivity contribution in [1.82, 2.24) is 0 Å². The van der Waals surface area contributed by atoms with Crippen molar-refractivity contribution in [2.24, 2.45) is 5.92 Å². The number of carbonyl (C=O) groups is 1. The lowest BCUT2D eigenvalue weighted by Crippen LogP contribution is -2.15. The molecular weight excluding hydrogens is 220 g/mol. The minimum Gasteiger partial charge on any atom is -0.465 e. The Kier molecular flexibility index (Phi) is 4.36. The van der Waals surface area contributed by atoms with Gasteiger partial charge in [-0.25, -0.2) is 0 Å². The van der Waals surface area contributed by atoms with Crippen LogP contribution in [0.15, 0.2) is 12.2 Å². The summed E-state index contributed by atoms with van der Waals surface area (Å²) in [4.78, 5) is 10.8. The van der Waals surface area contributed by atoms with Gasteiger partial charge in [-0.3, -0.25) is 4.79 Å². The predicted octanol–water partition coefficient (Wildman–Crippen LogP) is 2.28. The molecular formula is C9H13BrO2. The predicted molar refractivity (Wildman–Crippen MR) is 51.2 cm³/mol. The van der Waals surface area contributed by atoms with Crippen LogP contribution in [0.3, 0.4) is 0 Å². The van der Waals surface area contributed by atoms with Crippen LogP contribution in [0.1, 0.15) is 19.3 Å². The van der Waals surface area contributed by atoms with Crippen LogP contribution in [-0.4, -0.2) is 17.9 Å². The number of esters is 1. The molecule has 0 heterocycles. The topological polar surface area (TPSA) is 26.3 Å². The van der Waals surface area contributed by atoms with Crippen molar-refractivity contribution in [3.8, 4) is 0 Å². The van der Waals surface area contributed by atoms with Gasteiger partial charge in [-0.05, 0) is 25.2 Å². The van der Waals surface area contributed by atoms with Crippen LogP contribution >= 0.6 is 15.9 Å². The van der Waals surface area contributed by atoms with Gasteiger partial charge < -0.3 is 4.74 Å². The molecule has 0 aliphatic heterocycles. The summed E-state index contributed by atoms with van der Waals surface area (Å²) in [5, 5.41) is 0.301. The highest BCUT2D eigenvalue weighted by Crippen LogP contribution is 2.18. The molecule has 0 saturated heterocycles. The summed E-state index contributed by atoms with van der Waals surface area (Å²) >= 11 is 3.05. The summed E-state index contributed by atoms with van der Waals surface area (Å²) in [6, 6.07) is 0. The number of carbonyl (C=O) groups excluding carboxylic acids is 1. The Balaban J connectivity index is 2.14. The van der Waals surface area contributed by atoms with Crippen LogP contribution in [-0.2, 0) is 9.53 Å². The SMILES string of the molecule is O=C(CBr)OCC1CC=CCC1. The van der Waals surface area contributed by atoms with E-state index in [-0.39, 0.29) is 5.97 Å². The van der Waals surface area contributed by atoms with E-state index in [4.69, 9.17) is 4.74 Å². The average molecular weight is 233 g/mol. The summed E-state index contributed by atoms with van der Waals surface area (Å²) in [5.74, 6) is 0.377. The Hall–Kier alpha value is -0.310.